The number of fused-ring (bicyclic) bond motifs is 2. The number of likely N-dealkylation sites (N-methyl/N-ethyl adjacent to an activating group) is 1. The molecule has 0 N–H and O–H groups in total. The molecule has 3 atom stereocenters. The normalized spacial score (nSPS) is 25.6. The Bertz CT molecular complexity index is 1530. The van der Waals surface area contributed by atoms with Crippen molar-refractivity contribution in [2.45, 2.75) is 43.9 Å². The minimum absolute atomic E-state index is 0.0648. The Balaban J connectivity index is 1.30. The number of halogens is 4. The highest BCUT2D eigenvalue weighted by Crippen LogP contribution is 2.42. The van der Waals surface area contributed by atoms with E-state index in [4.69, 9.17) is 0 Å². The SMILES string of the molecule is C=CC(=O)N1CC[C@]12CCN(CCN1C[C@H]3CC(=O)N(c4cc(C(F)(F)F)cc(C)n4)[C@@H]3C(=O)N(C)c3cccc(F)c31)C2. The van der Waals surface area contributed by atoms with Crippen molar-refractivity contribution in [3.8, 4) is 0 Å². The molecule has 0 unspecified atom stereocenters. The van der Waals surface area contributed by atoms with E-state index in [0.717, 1.165) is 36.4 Å². The van der Waals surface area contributed by atoms with Gasteiger partial charge in [-0.15, -0.1) is 0 Å². The van der Waals surface area contributed by atoms with Crippen molar-refractivity contribution in [3.05, 3.63) is 60.1 Å². The smallest absolute Gasteiger partial charge is 0.366 e. The maximum absolute atomic E-state index is 15.5. The first-order valence-electron chi connectivity index (χ1n) is 14.7. The van der Waals surface area contributed by atoms with Crippen molar-refractivity contribution in [1.82, 2.24) is 14.8 Å². The summed E-state index contributed by atoms with van der Waals surface area (Å²) in [6.07, 6.45) is -1.70. The van der Waals surface area contributed by atoms with Crippen LogP contribution in [0.4, 0.5) is 34.8 Å². The third-order valence-corrected chi connectivity index (χ3v) is 9.54. The molecule has 0 aliphatic carbocycles. The second-order valence-electron chi connectivity index (χ2n) is 12.2. The summed E-state index contributed by atoms with van der Waals surface area (Å²) >= 11 is 0. The number of aryl methyl sites for hydroxylation is 1. The van der Waals surface area contributed by atoms with Crippen molar-refractivity contribution >= 4 is 34.9 Å². The first-order valence-corrected chi connectivity index (χ1v) is 14.7. The van der Waals surface area contributed by atoms with Crippen molar-refractivity contribution in [2.75, 3.05) is 61.0 Å². The Labute approximate surface area is 252 Å². The molecule has 3 saturated heterocycles. The van der Waals surface area contributed by atoms with E-state index in [0.29, 0.717) is 31.9 Å². The minimum atomic E-state index is -4.66. The van der Waals surface area contributed by atoms with E-state index in [1.165, 1.54) is 37.1 Å². The maximum atomic E-state index is 15.5. The van der Waals surface area contributed by atoms with Crippen molar-refractivity contribution < 1.29 is 31.9 Å². The van der Waals surface area contributed by atoms with E-state index in [1.54, 1.807) is 6.07 Å². The largest absolute Gasteiger partial charge is 0.416 e. The van der Waals surface area contributed by atoms with Gasteiger partial charge in [0.05, 0.1) is 22.5 Å². The molecule has 44 heavy (non-hydrogen) atoms. The monoisotopic (exact) mass is 614 g/mol. The van der Waals surface area contributed by atoms with Gasteiger partial charge in [0.25, 0.3) is 0 Å². The zero-order valence-electron chi connectivity index (χ0n) is 24.6. The van der Waals surface area contributed by atoms with Gasteiger partial charge >= 0.3 is 6.18 Å². The summed E-state index contributed by atoms with van der Waals surface area (Å²) in [6.45, 7) is 8.21. The highest BCUT2D eigenvalue weighted by atomic mass is 19.4. The number of para-hydroxylation sites is 1. The number of carbonyl (C=O) groups is 3. The summed E-state index contributed by atoms with van der Waals surface area (Å²) in [5.74, 6) is -2.50. The Kier molecular flexibility index (Phi) is 7.42. The third kappa shape index (κ3) is 5.00. The molecule has 4 aliphatic heterocycles. The van der Waals surface area contributed by atoms with E-state index in [1.807, 2.05) is 9.80 Å². The number of pyridine rings is 1. The average Bonchev–Trinajstić information content (AvgIpc) is 3.55. The van der Waals surface area contributed by atoms with E-state index in [2.05, 4.69) is 16.5 Å². The Morgan fingerprint density at radius 1 is 1.16 bits per heavy atom. The molecule has 0 bridgehead atoms. The number of benzene rings is 1. The van der Waals surface area contributed by atoms with Gasteiger partial charge < -0.3 is 14.7 Å². The zero-order chi connectivity index (χ0) is 31.6. The molecular weight excluding hydrogens is 580 g/mol. The van der Waals surface area contributed by atoms with Crippen LogP contribution in [-0.4, -0.2) is 90.4 Å². The molecule has 13 heteroatoms. The lowest BCUT2D eigenvalue weighted by atomic mass is 9.83. The molecule has 3 fully saturated rings. The van der Waals surface area contributed by atoms with Crippen LogP contribution in [0.15, 0.2) is 43.0 Å². The highest BCUT2D eigenvalue weighted by molar-refractivity contribution is 6.10. The van der Waals surface area contributed by atoms with Gasteiger partial charge in [0.2, 0.25) is 17.7 Å². The fourth-order valence-electron chi connectivity index (χ4n) is 7.28. The molecule has 5 heterocycles. The number of anilines is 3. The number of nitrogens with zero attached hydrogens (tertiary/aromatic N) is 6. The number of hydrogen-bond donors (Lipinski definition) is 0. The Morgan fingerprint density at radius 2 is 1.91 bits per heavy atom. The van der Waals surface area contributed by atoms with Crippen LogP contribution >= 0.6 is 0 Å². The fourth-order valence-corrected chi connectivity index (χ4v) is 7.28. The third-order valence-electron chi connectivity index (χ3n) is 9.54. The molecule has 234 valence electrons. The molecule has 0 radical (unpaired) electrons. The van der Waals surface area contributed by atoms with Gasteiger partial charge in [0, 0.05) is 64.3 Å². The lowest BCUT2D eigenvalue weighted by Crippen LogP contribution is -2.63. The van der Waals surface area contributed by atoms with Crippen molar-refractivity contribution in [2.24, 2.45) is 5.92 Å². The molecule has 9 nitrogen and oxygen atoms in total. The standard InChI is InChI=1S/C31H34F4N6O3/c1-4-25(42)40-11-9-30(40)8-10-38(18-30)12-13-39-17-20-15-26(43)41(24-16-21(31(33,34)35)14-19(2)36-24)27(20)29(44)37(3)23-7-5-6-22(32)28(23)39/h4-7,14,16,20,27H,1,8-13,15,17-18H2,2-3H3/t20-,27+,30+/m1/s1. The lowest BCUT2D eigenvalue weighted by molar-refractivity contribution is -0.141. The van der Waals surface area contributed by atoms with E-state index < -0.39 is 41.3 Å². The molecule has 1 aromatic heterocycles. The van der Waals surface area contributed by atoms with Gasteiger partial charge in [0.1, 0.15) is 17.7 Å². The van der Waals surface area contributed by atoms with Crippen LogP contribution in [-0.2, 0) is 20.6 Å². The van der Waals surface area contributed by atoms with Crippen molar-refractivity contribution in [3.63, 3.8) is 0 Å². The van der Waals surface area contributed by atoms with E-state index >= 15 is 4.39 Å². The first-order chi connectivity index (χ1) is 20.8. The van der Waals surface area contributed by atoms with Gasteiger partial charge in [-0.1, -0.05) is 12.6 Å². The van der Waals surface area contributed by atoms with Crippen LogP contribution in [0, 0.1) is 18.7 Å². The summed E-state index contributed by atoms with van der Waals surface area (Å²) in [6, 6.07) is 5.02. The number of rotatable bonds is 5. The number of aromatic nitrogens is 1. The topological polar surface area (TPSA) is 80.3 Å². The molecule has 3 amide bonds. The molecule has 6 rings (SSSR count). The maximum Gasteiger partial charge on any atom is 0.416 e. The first kappa shape index (κ1) is 30.0. The highest BCUT2D eigenvalue weighted by Gasteiger charge is 2.52. The summed E-state index contributed by atoms with van der Waals surface area (Å²) in [4.78, 5) is 52.2. The van der Waals surface area contributed by atoms with Gasteiger partial charge in [-0.05, 0) is 50.1 Å². The number of carbonyl (C=O) groups excluding carboxylic acids is 3. The second-order valence-corrected chi connectivity index (χ2v) is 12.2. The second kappa shape index (κ2) is 10.9. The molecule has 1 aromatic carbocycles. The van der Waals surface area contributed by atoms with Crippen molar-refractivity contribution in [1.29, 1.82) is 0 Å². The Morgan fingerprint density at radius 3 is 2.59 bits per heavy atom. The average molecular weight is 615 g/mol. The quantitative estimate of drug-likeness (QED) is 0.378. The zero-order valence-corrected chi connectivity index (χ0v) is 24.6. The predicted octanol–water partition coefficient (Wildman–Crippen LogP) is 3.62. The summed E-state index contributed by atoms with van der Waals surface area (Å²) in [5, 5.41) is 0. The van der Waals surface area contributed by atoms with Crippen LogP contribution in [0.2, 0.25) is 0 Å². The molecule has 0 saturated carbocycles. The van der Waals surface area contributed by atoms with E-state index in [-0.39, 0.29) is 41.6 Å². The summed E-state index contributed by atoms with van der Waals surface area (Å²) in [7, 11) is 1.49. The summed E-state index contributed by atoms with van der Waals surface area (Å²) < 4.78 is 56.5. The molecule has 2 aromatic rings. The minimum Gasteiger partial charge on any atom is -0.366 e. The number of likely N-dealkylation sites (tertiary alicyclic amines) is 2. The molecule has 4 aliphatic rings. The fraction of sp³-hybridized carbons (Fsp3) is 0.484. The Hall–Kier alpha value is -4.00. The number of hydrogen-bond acceptors (Lipinski definition) is 6. The van der Waals surface area contributed by atoms with E-state index in [9.17, 15) is 27.6 Å². The molecule has 1 spiro atoms. The van der Waals surface area contributed by atoms with Crippen LogP contribution < -0.4 is 14.7 Å². The van der Waals surface area contributed by atoms with Crippen LogP contribution in [0.5, 0.6) is 0 Å². The molecular formula is C31H34F4N6O3. The van der Waals surface area contributed by atoms with Crippen LogP contribution in [0.25, 0.3) is 0 Å². The lowest BCUT2D eigenvalue weighted by Gasteiger charge is -2.50. The van der Waals surface area contributed by atoms with Gasteiger partial charge in [-0.25, -0.2) is 9.37 Å². The summed E-state index contributed by atoms with van der Waals surface area (Å²) in [5.41, 5.74) is -0.575. The number of amides is 3. The van der Waals surface area contributed by atoms with Crippen LogP contribution in [0.1, 0.15) is 30.5 Å². The van der Waals surface area contributed by atoms with Gasteiger partial charge in [-0.3, -0.25) is 24.2 Å². The number of alkyl halides is 3. The van der Waals surface area contributed by atoms with Gasteiger partial charge in [0.15, 0.2) is 0 Å². The predicted molar refractivity (Wildman–Crippen MR) is 156 cm³/mol. The van der Waals surface area contributed by atoms with Gasteiger partial charge in [-0.2, -0.15) is 13.2 Å². The van der Waals surface area contributed by atoms with Crippen LogP contribution in [0.3, 0.4) is 0 Å².